The molecule has 0 bridgehead atoms. The number of benzene rings is 2. The van der Waals surface area contributed by atoms with Crippen molar-refractivity contribution >= 4 is 17.8 Å². The Hall–Kier alpha value is -2.93. The maximum atomic E-state index is 14.8. The molecule has 2 nitrogen and oxygen atoms in total. The predicted octanol–water partition coefficient (Wildman–Crippen LogP) is 6.42. The summed E-state index contributed by atoms with van der Waals surface area (Å²) in [5.74, 6) is 0. The molecule has 0 amide bonds. The second kappa shape index (κ2) is 12.7. The van der Waals surface area contributed by atoms with Gasteiger partial charge in [-0.1, -0.05) is 90.1 Å². The number of hydrogen-bond donors (Lipinski definition) is 0. The fourth-order valence-electron chi connectivity index (χ4n) is 4.14. The standard InChI is InChI=1S/C26H25NOP.C5H5.Fe/c1-27(2)20-21-17-18-22(19-21)25-15-9-10-16-26(25)29(28,23-11-5-3-6-12-23)24-13-7-4-8-14-24;1-2-4-5-3-1;/h3-19H,20H2,1-2H3;1-5H;/q2*-1;+2/b25-22-;;. The molecule has 35 heavy (non-hydrogen) atoms. The van der Waals surface area contributed by atoms with Crippen molar-refractivity contribution in [3.05, 3.63) is 156 Å². The Labute approximate surface area is 220 Å². The molecule has 0 heterocycles. The van der Waals surface area contributed by atoms with Gasteiger partial charge in [-0.25, -0.2) is 12.1 Å². The van der Waals surface area contributed by atoms with Crippen LogP contribution in [0.5, 0.6) is 0 Å². The van der Waals surface area contributed by atoms with Crippen molar-refractivity contribution < 1.29 is 21.6 Å². The van der Waals surface area contributed by atoms with Gasteiger partial charge in [-0.15, -0.1) is 29.9 Å². The molecule has 178 valence electrons. The molecule has 0 saturated heterocycles. The first kappa shape index (κ1) is 26.7. The smallest absolute Gasteiger partial charge is 0.319 e. The Morgan fingerprint density at radius 2 is 1.40 bits per heavy atom. The first-order chi connectivity index (χ1) is 16.6. The van der Waals surface area contributed by atoms with E-state index in [4.69, 9.17) is 0 Å². The van der Waals surface area contributed by atoms with Crippen LogP contribution in [0.2, 0.25) is 0 Å². The maximum Gasteiger partial charge on any atom is 2.00 e. The zero-order valence-corrected chi connectivity index (χ0v) is 22.1. The summed E-state index contributed by atoms with van der Waals surface area (Å²) in [4.78, 5) is 2.16. The molecule has 0 radical (unpaired) electrons. The molecule has 0 unspecified atom stereocenters. The average molecular weight is 519 g/mol. The van der Waals surface area contributed by atoms with Crippen LogP contribution >= 0.6 is 7.14 Å². The monoisotopic (exact) mass is 519 g/mol. The Balaban J connectivity index is 0.000000509. The fraction of sp³-hybridized carbons (Fsp3) is 0.0968. The number of nitrogens with zero attached hydrogens (tertiary/aromatic N) is 1. The third-order valence-electron chi connectivity index (χ3n) is 5.67. The van der Waals surface area contributed by atoms with Crippen molar-refractivity contribution in [1.29, 1.82) is 0 Å². The second-order valence-corrected chi connectivity index (χ2v) is 11.2. The van der Waals surface area contributed by atoms with Gasteiger partial charge in [0, 0.05) is 17.2 Å². The number of likely N-dealkylation sites (N-methyl/N-ethyl adjacent to an activating group) is 1. The summed E-state index contributed by atoms with van der Waals surface area (Å²) in [6, 6.07) is 29.7. The quantitative estimate of drug-likeness (QED) is 0.221. The van der Waals surface area contributed by atoms with Gasteiger partial charge in [0.1, 0.15) is 7.14 Å². The van der Waals surface area contributed by atoms with Crippen LogP contribution in [-0.2, 0) is 21.6 Å². The number of hydrogen-bond acceptors (Lipinski definition) is 2. The van der Waals surface area contributed by atoms with Crippen molar-refractivity contribution in [2.45, 2.75) is 0 Å². The molecule has 2 aliphatic carbocycles. The molecule has 0 aliphatic heterocycles. The normalized spacial score (nSPS) is 16.5. The Bertz CT molecular complexity index is 1210. The first-order valence-corrected chi connectivity index (χ1v) is 13.2. The maximum absolute atomic E-state index is 14.8. The van der Waals surface area contributed by atoms with E-state index in [-0.39, 0.29) is 17.1 Å². The van der Waals surface area contributed by atoms with Crippen molar-refractivity contribution in [3.63, 3.8) is 0 Å². The number of allylic oxidation sites excluding steroid dienone is 8. The molecule has 0 N–H and O–H groups in total. The minimum atomic E-state index is -3.01. The molecular weight excluding hydrogens is 489 g/mol. The summed E-state index contributed by atoms with van der Waals surface area (Å²) in [5.41, 5.74) is 4.30. The molecule has 3 aromatic carbocycles. The van der Waals surface area contributed by atoms with E-state index in [9.17, 15) is 4.57 Å². The van der Waals surface area contributed by atoms with Crippen LogP contribution in [0.25, 0.3) is 0 Å². The van der Waals surface area contributed by atoms with Gasteiger partial charge in [0.2, 0.25) is 0 Å². The van der Waals surface area contributed by atoms with Crippen molar-refractivity contribution in [2.24, 2.45) is 0 Å². The largest absolute Gasteiger partial charge is 2.00 e. The van der Waals surface area contributed by atoms with Gasteiger partial charge in [-0.3, -0.25) is 0 Å². The summed E-state index contributed by atoms with van der Waals surface area (Å²) < 4.78 is 14.8. The molecule has 0 saturated carbocycles. The molecule has 4 heteroatoms. The summed E-state index contributed by atoms with van der Waals surface area (Å²) in [6.07, 6.45) is 14.6. The van der Waals surface area contributed by atoms with E-state index in [1.807, 2.05) is 109 Å². The van der Waals surface area contributed by atoms with E-state index >= 15 is 0 Å². The van der Waals surface area contributed by atoms with Crippen LogP contribution < -0.4 is 10.6 Å². The van der Waals surface area contributed by atoms with Gasteiger partial charge in [0.15, 0.2) is 0 Å². The zero-order valence-electron chi connectivity index (χ0n) is 20.1. The van der Waals surface area contributed by atoms with E-state index in [0.717, 1.165) is 34.0 Å². The molecule has 0 fully saturated rings. The minimum absolute atomic E-state index is 0. The summed E-state index contributed by atoms with van der Waals surface area (Å²) >= 11 is 0. The van der Waals surface area contributed by atoms with Gasteiger partial charge >= 0.3 is 17.1 Å². The second-order valence-electron chi connectivity index (χ2n) is 8.51. The van der Waals surface area contributed by atoms with E-state index in [1.165, 1.54) is 5.57 Å². The molecule has 2 aliphatic rings. The Kier molecular flexibility index (Phi) is 9.66. The minimum Gasteiger partial charge on any atom is -0.319 e. The zero-order chi connectivity index (χ0) is 23.8. The van der Waals surface area contributed by atoms with Gasteiger partial charge in [-0.2, -0.15) is 18.2 Å². The number of rotatable bonds is 5. The summed E-state index contributed by atoms with van der Waals surface area (Å²) in [5, 5.41) is 1.72. The molecule has 3 aromatic rings. The van der Waals surface area contributed by atoms with Crippen LogP contribution in [-0.4, -0.2) is 25.5 Å². The molecule has 0 atom stereocenters. The molecular formula is C31H30FeNOP. The van der Waals surface area contributed by atoms with Crippen molar-refractivity contribution in [1.82, 2.24) is 4.90 Å². The van der Waals surface area contributed by atoms with E-state index in [0.29, 0.717) is 0 Å². The third kappa shape index (κ3) is 6.40. The summed E-state index contributed by atoms with van der Waals surface area (Å²) in [7, 11) is 1.13. The van der Waals surface area contributed by atoms with Crippen LogP contribution in [0, 0.1) is 5.66 Å². The van der Waals surface area contributed by atoms with Crippen LogP contribution in [0.3, 0.4) is 0 Å². The van der Waals surface area contributed by atoms with Crippen LogP contribution in [0.1, 0.15) is 0 Å². The third-order valence-corrected chi connectivity index (χ3v) is 8.79. The topological polar surface area (TPSA) is 20.3 Å². The van der Waals surface area contributed by atoms with Crippen LogP contribution in [0.15, 0.2) is 150 Å². The van der Waals surface area contributed by atoms with E-state index in [2.05, 4.69) is 43.3 Å². The summed E-state index contributed by atoms with van der Waals surface area (Å²) in [6.45, 7) is 0.886. The van der Waals surface area contributed by atoms with Gasteiger partial charge in [0.25, 0.3) is 0 Å². The van der Waals surface area contributed by atoms with Crippen molar-refractivity contribution in [3.8, 4) is 0 Å². The van der Waals surface area contributed by atoms with Gasteiger partial charge < -0.3 is 9.46 Å². The average Bonchev–Trinajstić information content (AvgIpc) is 3.60. The molecule has 0 aromatic heterocycles. The van der Waals surface area contributed by atoms with Crippen molar-refractivity contribution in [2.75, 3.05) is 20.6 Å². The molecule has 0 spiro atoms. The van der Waals surface area contributed by atoms with Crippen LogP contribution in [0.4, 0.5) is 0 Å². The fourth-order valence-corrected chi connectivity index (χ4v) is 7.02. The van der Waals surface area contributed by atoms with E-state index in [1.54, 1.807) is 0 Å². The Morgan fingerprint density at radius 3 is 1.91 bits per heavy atom. The Morgan fingerprint density at radius 1 is 0.800 bits per heavy atom. The van der Waals surface area contributed by atoms with E-state index < -0.39 is 7.14 Å². The molecule has 5 rings (SSSR count). The van der Waals surface area contributed by atoms with Gasteiger partial charge in [-0.05, 0) is 19.7 Å². The first-order valence-electron chi connectivity index (χ1n) is 11.5. The van der Waals surface area contributed by atoms with Gasteiger partial charge in [0.05, 0.1) is 0 Å². The SMILES string of the molecule is CN(C)CC1=C/C(=C2/C=CC=C[C-]2P(=O)(c2ccccc2)c2ccccc2)C=C1.[Fe+2].c1cc[cH-]c1. The predicted molar refractivity (Wildman–Crippen MR) is 146 cm³/mol.